The molecule has 0 saturated carbocycles. The lowest BCUT2D eigenvalue weighted by molar-refractivity contribution is -0.274. The fourth-order valence-corrected chi connectivity index (χ4v) is 2.58. The van der Waals surface area contributed by atoms with E-state index in [9.17, 15) is 21.6 Å². The van der Waals surface area contributed by atoms with Crippen LogP contribution in [0.2, 0.25) is 0 Å². The third kappa shape index (κ3) is 4.62. The molecule has 0 aliphatic rings. The van der Waals surface area contributed by atoms with Crippen LogP contribution in [0.4, 0.5) is 13.2 Å². The van der Waals surface area contributed by atoms with Gasteiger partial charge in [-0.1, -0.05) is 12.1 Å². The van der Waals surface area contributed by atoms with Crippen molar-refractivity contribution in [2.75, 3.05) is 0 Å². The van der Waals surface area contributed by atoms with Crippen molar-refractivity contribution in [1.82, 2.24) is 0 Å². The van der Waals surface area contributed by atoms with E-state index in [1.165, 1.54) is 24.3 Å². The normalized spacial score (nSPS) is 11.6. The highest BCUT2D eigenvalue weighted by molar-refractivity contribution is 7.87. The SMILES string of the molecule is N#Cc1cccc(OS(=O)(=O)c2cccc(OC(F)(F)F)c2)c1. The molecule has 0 N–H and O–H groups in total. The highest BCUT2D eigenvalue weighted by Crippen LogP contribution is 2.26. The average molecular weight is 343 g/mol. The maximum absolute atomic E-state index is 12.2. The summed E-state index contributed by atoms with van der Waals surface area (Å²) in [5.41, 5.74) is 0.173. The van der Waals surface area contributed by atoms with Crippen LogP contribution in [0.1, 0.15) is 5.56 Å². The minimum absolute atomic E-state index is 0.133. The van der Waals surface area contributed by atoms with E-state index >= 15 is 0 Å². The molecule has 120 valence electrons. The zero-order valence-electron chi connectivity index (χ0n) is 11.2. The number of benzene rings is 2. The minimum Gasteiger partial charge on any atom is -0.406 e. The number of hydrogen-bond acceptors (Lipinski definition) is 5. The van der Waals surface area contributed by atoms with Crippen molar-refractivity contribution in [3.8, 4) is 17.6 Å². The summed E-state index contributed by atoms with van der Waals surface area (Å²) in [4.78, 5) is -0.512. The average Bonchev–Trinajstić information content (AvgIpc) is 2.45. The van der Waals surface area contributed by atoms with Gasteiger partial charge in [-0.05, 0) is 30.3 Å². The van der Waals surface area contributed by atoms with Crippen LogP contribution >= 0.6 is 0 Å². The van der Waals surface area contributed by atoms with Gasteiger partial charge in [0.1, 0.15) is 16.4 Å². The second-order valence-electron chi connectivity index (χ2n) is 4.20. The first kappa shape index (κ1) is 16.6. The molecule has 5 nitrogen and oxygen atoms in total. The van der Waals surface area contributed by atoms with Crippen molar-refractivity contribution in [3.63, 3.8) is 0 Å². The molecule has 0 saturated heterocycles. The molecular formula is C14H8F3NO4S. The maximum Gasteiger partial charge on any atom is 0.573 e. The first-order chi connectivity index (χ1) is 10.7. The summed E-state index contributed by atoms with van der Waals surface area (Å²) in [6.07, 6.45) is -4.94. The molecule has 0 unspecified atom stereocenters. The van der Waals surface area contributed by atoms with Crippen LogP contribution in [-0.2, 0) is 10.1 Å². The van der Waals surface area contributed by atoms with E-state index in [1.54, 1.807) is 0 Å². The van der Waals surface area contributed by atoms with Crippen molar-refractivity contribution in [3.05, 3.63) is 54.1 Å². The van der Waals surface area contributed by atoms with E-state index in [0.717, 1.165) is 18.2 Å². The van der Waals surface area contributed by atoms with Gasteiger partial charge in [-0.3, -0.25) is 0 Å². The summed E-state index contributed by atoms with van der Waals surface area (Å²) in [6.45, 7) is 0. The summed E-state index contributed by atoms with van der Waals surface area (Å²) >= 11 is 0. The lowest BCUT2D eigenvalue weighted by Gasteiger charge is -2.11. The lowest BCUT2D eigenvalue weighted by atomic mass is 10.2. The first-order valence-electron chi connectivity index (χ1n) is 6.00. The van der Waals surface area contributed by atoms with Crippen LogP contribution < -0.4 is 8.92 Å². The van der Waals surface area contributed by atoms with Crippen molar-refractivity contribution >= 4 is 10.1 Å². The molecule has 2 aromatic carbocycles. The second-order valence-corrected chi connectivity index (χ2v) is 5.75. The van der Waals surface area contributed by atoms with Crippen LogP contribution in [-0.4, -0.2) is 14.8 Å². The number of nitrogens with zero attached hydrogens (tertiary/aromatic N) is 1. The van der Waals surface area contributed by atoms with Gasteiger partial charge in [-0.25, -0.2) is 0 Å². The van der Waals surface area contributed by atoms with Gasteiger partial charge in [0.25, 0.3) is 0 Å². The number of ether oxygens (including phenoxy) is 1. The van der Waals surface area contributed by atoms with Gasteiger partial charge in [0.15, 0.2) is 0 Å². The standard InChI is InChI=1S/C14H8F3NO4S/c15-14(16,17)21-11-4-2-6-13(8-11)23(19,20)22-12-5-1-3-10(7-12)9-18/h1-8H. The van der Waals surface area contributed by atoms with E-state index in [4.69, 9.17) is 9.44 Å². The number of hydrogen-bond donors (Lipinski definition) is 0. The van der Waals surface area contributed by atoms with E-state index in [-0.39, 0.29) is 11.3 Å². The summed E-state index contributed by atoms with van der Waals surface area (Å²) in [7, 11) is -4.37. The molecule has 0 heterocycles. The zero-order chi connectivity index (χ0) is 17.1. The van der Waals surface area contributed by atoms with Crippen molar-refractivity contribution in [2.45, 2.75) is 11.3 Å². The van der Waals surface area contributed by atoms with Gasteiger partial charge in [-0.2, -0.15) is 13.7 Å². The van der Waals surface area contributed by atoms with Gasteiger partial charge in [0.05, 0.1) is 11.6 Å². The summed E-state index contributed by atoms with van der Waals surface area (Å²) < 4.78 is 69.1. The molecule has 0 bridgehead atoms. The van der Waals surface area contributed by atoms with Crippen molar-refractivity contribution in [1.29, 1.82) is 5.26 Å². The summed E-state index contributed by atoms with van der Waals surface area (Å²) in [5.74, 6) is -0.820. The maximum atomic E-state index is 12.2. The van der Waals surface area contributed by atoms with E-state index in [0.29, 0.717) is 6.07 Å². The number of rotatable bonds is 4. The van der Waals surface area contributed by atoms with Crippen molar-refractivity contribution < 1.29 is 30.5 Å². The van der Waals surface area contributed by atoms with Gasteiger partial charge in [0, 0.05) is 6.07 Å². The fraction of sp³-hybridized carbons (Fsp3) is 0.0714. The highest BCUT2D eigenvalue weighted by atomic mass is 32.2. The van der Waals surface area contributed by atoms with Gasteiger partial charge < -0.3 is 8.92 Å². The summed E-state index contributed by atoms with van der Waals surface area (Å²) in [5, 5.41) is 8.74. The first-order valence-corrected chi connectivity index (χ1v) is 7.41. The second kappa shape index (κ2) is 6.18. The molecule has 0 aliphatic carbocycles. The third-order valence-electron chi connectivity index (χ3n) is 2.50. The van der Waals surface area contributed by atoms with E-state index < -0.39 is 27.1 Å². The molecule has 2 aromatic rings. The quantitative estimate of drug-likeness (QED) is 0.797. The minimum atomic E-state index is -4.94. The molecular weight excluding hydrogens is 335 g/mol. The Morgan fingerprint density at radius 2 is 1.65 bits per heavy atom. The Labute approximate surface area is 129 Å². The molecule has 0 spiro atoms. The number of nitriles is 1. The van der Waals surface area contributed by atoms with E-state index in [2.05, 4.69) is 4.74 Å². The fourth-order valence-electron chi connectivity index (χ4n) is 1.62. The molecule has 9 heteroatoms. The predicted octanol–water partition coefficient (Wildman–Crippen LogP) is 3.22. The zero-order valence-corrected chi connectivity index (χ0v) is 12.1. The molecule has 0 fully saturated rings. The van der Waals surface area contributed by atoms with Crippen LogP contribution in [0.3, 0.4) is 0 Å². The molecule has 0 amide bonds. The predicted molar refractivity (Wildman–Crippen MR) is 72.1 cm³/mol. The van der Waals surface area contributed by atoms with Crippen molar-refractivity contribution in [2.24, 2.45) is 0 Å². The van der Waals surface area contributed by atoms with Crippen LogP contribution in [0.5, 0.6) is 11.5 Å². The van der Waals surface area contributed by atoms with Gasteiger partial charge in [-0.15, -0.1) is 13.2 Å². The Morgan fingerprint density at radius 1 is 1.00 bits per heavy atom. The summed E-state index contributed by atoms with van der Waals surface area (Å²) in [6, 6.07) is 10.9. The number of alkyl halides is 3. The Morgan fingerprint density at radius 3 is 2.30 bits per heavy atom. The largest absolute Gasteiger partial charge is 0.573 e. The molecule has 0 radical (unpaired) electrons. The molecule has 0 atom stereocenters. The Kier molecular flexibility index (Phi) is 4.47. The van der Waals surface area contributed by atoms with Crippen LogP contribution in [0.25, 0.3) is 0 Å². The topological polar surface area (TPSA) is 76.4 Å². The Balaban J connectivity index is 2.29. The monoisotopic (exact) mass is 343 g/mol. The van der Waals surface area contributed by atoms with Crippen LogP contribution in [0, 0.1) is 11.3 Å². The van der Waals surface area contributed by atoms with Gasteiger partial charge >= 0.3 is 16.5 Å². The number of halogens is 3. The van der Waals surface area contributed by atoms with E-state index in [1.807, 2.05) is 6.07 Å². The molecule has 23 heavy (non-hydrogen) atoms. The Hall–Kier alpha value is -2.73. The smallest absolute Gasteiger partial charge is 0.406 e. The molecule has 2 rings (SSSR count). The van der Waals surface area contributed by atoms with Crippen LogP contribution in [0.15, 0.2) is 53.4 Å². The lowest BCUT2D eigenvalue weighted by Crippen LogP contribution is -2.17. The third-order valence-corrected chi connectivity index (χ3v) is 3.74. The molecule has 0 aliphatic heterocycles. The highest BCUT2D eigenvalue weighted by Gasteiger charge is 2.31. The Bertz CT molecular complexity index is 857. The van der Waals surface area contributed by atoms with Gasteiger partial charge in [0.2, 0.25) is 0 Å². The molecule has 0 aromatic heterocycles.